The highest BCUT2D eigenvalue weighted by Crippen LogP contribution is 2.32. The van der Waals surface area contributed by atoms with E-state index in [0.29, 0.717) is 11.8 Å². The molecule has 1 fully saturated rings. The molecule has 0 radical (unpaired) electrons. The molecule has 3 heteroatoms. The molecule has 0 saturated carbocycles. The number of hydrogen-bond acceptors (Lipinski definition) is 3. The zero-order chi connectivity index (χ0) is 14.7. The fourth-order valence-corrected chi connectivity index (χ4v) is 3.24. The van der Waals surface area contributed by atoms with Crippen LogP contribution in [0.5, 0.6) is 5.75 Å². The molecule has 1 unspecified atom stereocenters. The fourth-order valence-electron chi connectivity index (χ4n) is 3.24. The van der Waals surface area contributed by atoms with Crippen LogP contribution in [0.4, 0.5) is 0 Å². The number of nitrogens with zero attached hydrogens (tertiary/aromatic N) is 2. The van der Waals surface area contributed by atoms with E-state index in [1.807, 2.05) is 12.1 Å². The molecule has 0 bridgehead atoms. The lowest BCUT2D eigenvalue weighted by atomic mass is 9.93. The highest BCUT2D eigenvalue weighted by Gasteiger charge is 2.25. The number of phenolic OH excluding ortho intramolecular Hbond substituents is 1. The number of phenols is 1. The van der Waals surface area contributed by atoms with Crippen LogP contribution in [0.25, 0.3) is 0 Å². The minimum Gasteiger partial charge on any atom is -0.508 e. The average Bonchev–Trinajstić information content (AvgIpc) is 2.41. The zero-order valence-electron chi connectivity index (χ0n) is 13.3. The topological polar surface area (TPSA) is 26.7 Å². The van der Waals surface area contributed by atoms with Crippen molar-refractivity contribution in [1.29, 1.82) is 0 Å². The van der Waals surface area contributed by atoms with Crippen molar-refractivity contribution in [3.05, 3.63) is 29.3 Å². The molecule has 0 spiro atoms. The van der Waals surface area contributed by atoms with E-state index in [1.54, 1.807) is 0 Å². The van der Waals surface area contributed by atoms with Crippen molar-refractivity contribution in [3.63, 3.8) is 0 Å². The maximum atomic E-state index is 10.1. The highest BCUT2D eigenvalue weighted by atomic mass is 16.3. The Morgan fingerprint density at radius 1 is 1.30 bits per heavy atom. The molecule has 1 heterocycles. The van der Waals surface area contributed by atoms with Gasteiger partial charge in [0.15, 0.2) is 0 Å². The van der Waals surface area contributed by atoms with Crippen LogP contribution in [0, 0.1) is 12.8 Å². The summed E-state index contributed by atoms with van der Waals surface area (Å²) in [6.45, 7) is 7.75. The smallest absolute Gasteiger partial charge is 0.120 e. The molecule has 0 aromatic heterocycles. The minimum absolute atomic E-state index is 0.301. The van der Waals surface area contributed by atoms with E-state index in [1.165, 1.54) is 24.9 Å². The van der Waals surface area contributed by atoms with Crippen LogP contribution in [0.3, 0.4) is 0 Å². The molecular weight excluding hydrogens is 248 g/mol. The number of rotatable bonds is 4. The summed E-state index contributed by atoms with van der Waals surface area (Å²) >= 11 is 0. The van der Waals surface area contributed by atoms with Crippen LogP contribution in [0.15, 0.2) is 18.2 Å². The Balaban J connectivity index is 1.98. The van der Waals surface area contributed by atoms with Gasteiger partial charge in [0.2, 0.25) is 0 Å². The molecule has 1 aromatic carbocycles. The van der Waals surface area contributed by atoms with E-state index in [9.17, 15) is 5.11 Å². The quantitative estimate of drug-likeness (QED) is 0.915. The van der Waals surface area contributed by atoms with Crippen LogP contribution < -0.4 is 0 Å². The second-order valence-electron chi connectivity index (χ2n) is 6.48. The lowest BCUT2D eigenvalue weighted by Crippen LogP contribution is -2.38. The third kappa shape index (κ3) is 3.74. The van der Waals surface area contributed by atoms with Gasteiger partial charge in [0, 0.05) is 18.2 Å². The largest absolute Gasteiger partial charge is 0.508 e. The fraction of sp³-hybridized carbons (Fsp3) is 0.647. The molecule has 112 valence electrons. The van der Waals surface area contributed by atoms with Crippen molar-refractivity contribution in [1.82, 2.24) is 9.80 Å². The van der Waals surface area contributed by atoms with E-state index >= 15 is 0 Å². The maximum Gasteiger partial charge on any atom is 0.120 e. The van der Waals surface area contributed by atoms with Gasteiger partial charge in [-0.05, 0) is 65.9 Å². The summed E-state index contributed by atoms with van der Waals surface area (Å²) in [7, 11) is 4.31. The molecule has 0 amide bonds. The molecule has 2 rings (SSSR count). The Morgan fingerprint density at radius 3 is 2.55 bits per heavy atom. The number of piperidine rings is 1. The third-order valence-electron chi connectivity index (χ3n) is 4.45. The van der Waals surface area contributed by atoms with Crippen LogP contribution in [0.2, 0.25) is 0 Å². The monoisotopic (exact) mass is 276 g/mol. The first kappa shape index (κ1) is 15.3. The van der Waals surface area contributed by atoms with Crippen LogP contribution in [-0.2, 0) is 0 Å². The van der Waals surface area contributed by atoms with E-state index < -0.39 is 0 Å². The molecule has 1 aliphatic heterocycles. The van der Waals surface area contributed by atoms with E-state index in [2.05, 4.69) is 43.8 Å². The second-order valence-corrected chi connectivity index (χ2v) is 6.48. The van der Waals surface area contributed by atoms with Crippen molar-refractivity contribution in [2.45, 2.75) is 32.7 Å². The number of hydrogen-bond donors (Lipinski definition) is 1. The van der Waals surface area contributed by atoms with Crippen LogP contribution >= 0.6 is 0 Å². The summed E-state index contributed by atoms with van der Waals surface area (Å²) in [4.78, 5) is 4.79. The summed E-state index contributed by atoms with van der Waals surface area (Å²) in [5.41, 5.74) is 2.28. The zero-order valence-corrected chi connectivity index (χ0v) is 13.3. The summed E-state index contributed by atoms with van der Waals surface area (Å²) in [5.74, 6) is 1.25. The molecule has 0 aliphatic carbocycles. The standard InChI is InChI=1S/C17H28N2O/c1-13-5-6-17(20)16(11-13)14(2)19-9-7-15(8-10-19)12-18(3)4/h5-6,11,14-15,20H,7-10,12H2,1-4H3. The SMILES string of the molecule is Cc1ccc(O)c(C(C)N2CCC(CN(C)C)CC2)c1. The Labute approximate surface area is 123 Å². The van der Waals surface area contributed by atoms with Gasteiger partial charge in [-0.2, -0.15) is 0 Å². The van der Waals surface area contributed by atoms with Crippen molar-refractivity contribution in [2.24, 2.45) is 5.92 Å². The number of aromatic hydroxyl groups is 1. The molecule has 1 aromatic rings. The molecule has 1 aliphatic rings. The number of benzene rings is 1. The van der Waals surface area contributed by atoms with E-state index in [4.69, 9.17) is 0 Å². The highest BCUT2D eigenvalue weighted by molar-refractivity contribution is 5.37. The molecular formula is C17H28N2O. The summed E-state index contributed by atoms with van der Waals surface area (Å²) < 4.78 is 0. The molecule has 1 atom stereocenters. The van der Waals surface area contributed by atoms with Gasteiger partial charge in [0.1, 0.15) is 5.75 Å². The first-order valence-electron chi connectivity index (χ1n) is 7.65. The Bertz CT molecular complexity index is 437. The molecule has 1 saturated heterocycles. The number of aryl methyl sites for hydroxylation is 1. The van der Waals surface area contributed by atoms with Gasteiger partial charge in [-0.15, -0.1) is 0 Å². The van der Waals surface area contributed by atoms with Crippen molar-refractivity contribution in [2.75, 3.05) is 33.7 Å². The first-order valence-corrected chi connectivity index (χ1v) is 7.65. The third-order valence-corrected chi connectivity index (χ3v) is 4.45. The minimum atomic E-state index is 0.301. The van der Waals surface area contributed by atoms with Gasteiger partial charge in [0.25, 0.3) is 0 Å². The summed E-state index contributed by atoms with van der Waals surface area (Å²) in [5, 5.41) is 10.1. The Morgan fingerprint density at radius 2 is 1.95 bits per heavy atom. The van der Waals surface area contributed by atoms with Gasteiger partial charge in [-0.25, -0.2) is 0 Å². The van der Waals surface area contributed by atoms with Gasteiger partial charge >= 0.3 is 0 Å². The van der Waals surface area contributed by atoms with E-state index in [0.717, 1.165) is 24.6 Å². The van der Waals surface area contributed by atoms with Crippen molar-refractivity contribution >= 4 is 0 Å². The van der Waals surface area contributed by atoms with Gasteiger partial charge in [-0.1, -0.05) is 17.7 Å². The summed E-state index contributed by atoms with van der Waals surface area (Å²) in [6, 6.07) is 6.20. The average molecular weight is 276 g/mol. The maximum absolute atomic E-state index is 10.1. The molecule has 3 nitrogen and oxygen atoms in total. The van der Waals surface area contributed by atoms with Crippen LogP contribution in [-0.4, -0.2) is 48.6 Å². The first-order chi connectivity index (χ1) is 9.47. The Hall–Kier alpha value is -1.06. The van der Waals surface area contributed by atoms with Crippen LogP contribution in [0.1, 0.15) is 36.9 Å². The predicted molar refractivity (Wildman–Crippen MR) is 84.1 cm³/mol. The molecule has 20 heavy (non-hydrogen) atoms. The van der Waals surface area contributed by atoms with Gasteiger partial charge in [-0.3, -0.25) is 4.90 Å². The second kappa shape index (κ2) is 6.59. The lowest BCUT2D eigenvalue weighted by Gasteiger charge is -2.37. The van der Waals surface area contributed by atoms with Crippen molar-refractivity contribution in [3.8, 4) is 5.75 Å². The van der Waals surface area contributed by atoms with Crippen molar-refractivity contribution < 1.29 is 5.11 Å². The normalized spacial score (nSPS) is 19.4. The lowest BCUT2D eigenvalue weighted by molar-refractivity contribution is 0.126. The molecule has 1 N–H and O–H groups in total. The summed E-state index contributed by atoms with van der Waals surface area (Å²) in [6.07, 6.45) is 2.52. The Kier molecular flexibility index (Phi) is 5.06. The predicted octanol–water partition coefficient (Wildman–Crippen LogP) is 3.04. The van der Waals surface area contributed by atoms with E-state index in [-0.39, 0.29) is 0 Å². The number of likely N-dealkylation sites (tertiary alicyclic amines) is 1. The van der Waals surface area contributed by atoms with Gasteiger partial charge in [0.05, 0.1) is 0 Å². The van der Waals surface area contributed by atoms with Gasteiger partial charge < -0.3 is 10.0 Å².